The predicted molar refractivity (Wildman–Crippen MR) is 105 cm³/mol. The molecule has 0 aliphatic carbocycles. The molecule has 142 valence electrons. The number of carbonyl (C=O) groups is 1. The molecular weight excluding hydrogens is 342 g/mol. The fourth-order valence-corrected chi connectivity index (χ4v) is 2.81. The lowest BCUT2D eigenvalue weighted by atomic mass is 10.3. The molecule has 6 nitrogen and oxygen atoms in total. The molecule has 3 rings (SSSR count). The average Bonchev–Trinajstić information content (AvgIpc) is 3.10. The van der Waals surface area contributed by atoms with Crippen molar-refractivity contribution in [1.29, 1.82) is 0 Å². The topological polar surface area (TPSA) is 65.4 Å². The Bertz CT molecular complexity index is 858. The number of para-hydroxylation sites is 2. The maximum absolute atomic E-state index is 11.9. The van der Waals surface area contributed by atoms with Crippen molar-refractivity contribution < 1.29 is 14.3 Å². The number of aromatic nitrogens is 2. The van der Waals surface area contributed by atoms with Gasteiger partial charge in [-0.1, -0.05) is 12.1 Å². The molecule has 0 aliphatic heterocycles. The Hall–Kier alpha value is -3.02. The molecule has 0 unspecified atom stereocenters. The second-order valence-electron chi connectivity index (χ2n) is 6.13. The minimum atomic E-state index is -0.00331. The zero-order valence-corrected chi connectivity index (χ0v) is 15.6. The molecule has 27 heavy (non-hydrogen) atoms. The highest BCUT2D eigenvalue weighted by Crippen LogP contribution is 2.17. The lowest BCUT2D eigenvalue weighted by molar-refractivity contribution is -0.121. The highest BCUT2D eigenvalue weighted by molar-refractivity contribution is 5.76. The van der Waals surface area contributed by atoms with Gasteiger partial charge in [-0.15, -0.1) is 0 Å². The molecule has 0 bridgehead atoms. The Kier molecular flexibility index (Phi) is 6.68. The van der Waals surface area contributed by atoms with Crippen LogP contribution in [0.4, 0.5) is 0 Å². The summed E-state index contributed by atoms with van der Waals surface area (Å²) in [5, 5.41) is 2.93. The van der Waals surface area contributed by atoms with Crippen LogP contribution in [0.5, 0.6) is 11.5 Å². The molecule has 6 heteroatoms. The van der Waals surface area contributed by atoms with E-state index in [0.717, 1.165) is 35.5 Å². The number of amides is 1. The van der Waals surface area contributed by atoms with E-state index in [2.05, 4.69) is 20.9 Å². The van der Waals surface area contributed by atoms with Crippen molar-refractivity contribution in [3.63, 3.8) is 0 Å². The molecule has 1 N–H and O–H groups in total. The molecule has 2 aromatic carbocycles. The molecule has 0 fully saturated rings. The lowest BCUT2D eigenvalue weighted by Crippen LogP contribution is -2.26. The molecule has 0 spiro atoms. The van der Waals surface area contributed by atoms with Gasteiger partial charge in [0.1, 0.15) is 11.5 Å². The Balaban J connectivity index is 1.31. The van der Waals surface area contributed by atoms with Crippen molar-refractivity contribution in [3.05, 3.63) is 54.9 Å². The van der Waals surface area contributed by atoms with Crippen LogP contribution < -0.4 is 14.8 Å². The quantitative estimate of drug-likeness (QED) is 0.558. The first-order chi connectivity index (χ1) is 13.3. The van der Waals surface area contributed by atoms with Gasteiger partial charge in [0.15, 0.2) is 0 Å². The number of benzene rings is 2. The zero-order valence-electron chi connectivity index (χ0n) is 15.6. The van der Waals surface area contributed by atoms with Crippen molar-refractivity contribution in [3.8, 4) is 11.5 Å². The van der Waals surface area contributed by atoms with Crippen LogP contribution in [-0.4, -0.2) is 35.2 Å². The normalized spacial score (nSPS) is 10.7. The van der Waals surface area contributed by atoms with E-state index in [9.17, 15) is 4.79 Å². The highest BCUT2D eigenvalue weighted by atomic mass is 16.5. The molecule has 0 aliphatic rings. The third-order valence-corrected chi connectivity index (χ3v) is 4.16. The number of aryl methyl sites for hydroxylation is 1. The Morgan fingerprint density at radius 1 is 1.07 bits per heavy atom. The van der Waals surface area contributed by atoms with E-state index in [1.54, 1.807) is 0 Å². The number of hydrogen-bond acceptors (Lipinski definition) is 4. The van der Waals surface area contributed by atoms with E-state index in [4.69, 9.17) is 9.47 Å². The van der Waals surface area contributed by atoms with Gasteiger partial charge in [0.2, 0.25) is 5.91 Å². The number of fused-ring (bicyclic) bond motifs is 1. The molecule has 0 saturated carbocycles. The van der Waals surface area contributed by atoms with E-state index in [-0.39, 0.29) is 5.91 Å². The predicted octanol–water partition coefficient (Wildman–Crippen LogP) is 3.41. The zero-order chi connectivity index (χ0) is 18.9. The number of ether oxygens (including phenoxy) is 2. The van der Waals surface area contributed by atoms with Crippen molar-refractivity contribution in [2.45, 2.75) is 26.3 Å². The van der Waals surface area contributed by atoms with Gasteiger partial charge in [-0.05, 0) is 49.7 Å². The Labute approximate surface area is 159 Å². The van der Waals surface area contributed by atoms with Gasteiger partial charge >= 0.3 is 0 Å². The van der Waals surface area contributed by atoms with Gasteiger partial charge in [0.05, 0.1) is 37.0 Å². The summed E-state index contributed by atoms with van der Waals surface area (Å²) in [6.45, 7) is 4.39. The van der Waals surface area contributed by atoms with Crippen LogP contribution in [0.25, 0.3) is 11.0 Å². The van der Waals surface area contributed by atoms with Crippen LogP contribution in [-0.2, 0) is 11.3 Å². The van der Waals surface area contributed by atoms with Gasteiger partial charge in [-0.2, -0.15) is 0 Å². The molecule has 1 amide bonds. The maximum Gasteiger partial charge on any atom is 0.223 e. The molecule has 3 aromatic rings. The van der Waals surface area contributed by atoms with Crippen LogP contribution in [0.3, 0.4) is 0 Å². The van der Waals surface area contributed by atoms with E-state index < -0.39 is 0 Å². The van der Waals surface area contributed by atoms with Gasteiger partial charge in [-0.25, -0.2) is 4.98 Å². The fraction of sp³-hybridized carbons (Fsp3) is 0.333. The van der Waals surface area contributed by atoms with Crippen LogP contribution in [0.2, 0.25) is 0 Å². The number of rotatable bonds is 10. The Morgan fingerprint density at radius 3 is 2.59 bits per heavy atom. The number of nitrogens with one attached hydrogen (secondary N) is 1. The smallest absolute Gasteiger partial charge is 0.223 e. The minimum absolute atomic E-state index is 0.00331. The summed E-state index contributed by atoms with van der Waals surface area (Å²) in [6, 6.07) is 15.5. The summed E-state index contributed by atoms with van der Waals surface area (Å²) in [6.07, 6.45) is 3.03. The third kappa shape index (κ3) is 5.48. The van der Waals surface area contributed by atoms with Gasteiger partial charge in [0, 0.05) is 13.1 Å². The summed E-state index contributed by atoms with van der Waals surface area (Å²) < 4.78 is 13.1. The molecule has 0 saturated heterocycles. The number of nitrogens with zero attached hydrogens (tertiary/aromatic N) is 2. The number of imidazole rings is 1. The second-order valence-corrected chi connectivity index (χ2v) is 6.13. The summed E-state index contributed by atoms with van der Waals surface area (Å²) >= 11 is 0. The molecule has 1 aromatic heterocycles. The van der Waals surface area contributed by atoms with Gasteiger partial charge in [-0.3, -0.25) is 4.79 Å². The number of hydrogen-bond donors (Lipinski definition) is 1. The summed E-state index contributed by atoms with van der Waals surface area (Å²) in [5.41, 5.74) is 2.11. The minimum Gasteiger partial charge on any atom is -0.494 e. The monoisotopic (exact) mass is 367 g/mol. The second kappa shape index (κ2) is 9.62. The first-order valence-electron chi connectivity index (χ1n) is 9.28. The maximum atomic E-state index is 11.9. The van der Waals surface area contributed by atoms with Crippen molar-refractivity contribution in [1.82, 2.24) is 14.9 Å². The summed E-state index contributed by atoms with van der Waals surface area (Å²) in [7, 11) is 0. The lowest BCUT2D eigenvalue weighted by Gasteiger charge is -2.09. The summed E-state index contributed by atoms with van der Waals surface area (Å²) in [4.78, 5) is 16.3. The van der Waals surface area contributed by atoms with Crippen molar-refractivity contribution in [2.75, 3.05) is 19.8 Å². The largest absolute Gasteiger partial charge is 0.494 e. The van der Waals surface area contributed by atoms with Crippen LogP contribution in [0, 0.1) is 0 Å². The Morgan fingerprint density at radius 2 is 1.81 bits per heavy atom. The van der Waals surface area contributed by atoms with Crippen LogP contribution in [0.1, 0.15) is 19.8 Å². The highest BCUT2D eigenvalue weighted by Gasteiger charge is 2.04. The SMILES string of the molecule is CCOc1ccc(OCCC(=O)NCCCn2cnc3ccccc32)cc1. The average molecular weight is 367 g/mol. The molecule has 1 heterocycles. The summed E-state index contributed by atoms with van der Waals surface area (Å²) in [5.74, 6) is 1.54. The van der Waals surface area contributed by atoms with E-state index in [1.165, 1.54) is 0 Å². The standard InChI is InChI=1S/C21H25N3O3/c1-2-26-17-8-10-18(11-9-17)27-15-12-21(25)22-13-5-14-24-16-23-19-6-3-4-7-20(19)24/h3-4,6-11,16H,2,5,12-15H2,1H3,(H,22,25). The van der Waals surface area contributed by atoms with Crippen LogP contribution >= 0.6 is 0 Å². The molecule has 0 radical (unpaired) electrons. The van der Waals surface area contributed by atoms with E-state index in [1.807, 2.05) is 55.7 Å². The first-order valence-corrected chi connectivity index (χ1v) is 9.28. The van der Waals surface area contributed by atoms with Gasteiger partial charge < -0.3 is 19.4 Å². The number of carbonyl (C=O) groups excluding carboxylic acids is 1. The molecular formula is C21H25N3O3. The fourth-order valence-electron chi connectivity index (χ4n) is 2.81. The van der Waals surface area contributed by atoms with E-state index in [0.29, 0.717) is 26.2 Å². The third-order valence-electron chi connectivity index (χ3n) is 4.16. The van der Waals surface area contributed by atoms with Crippen molar-refractivity contribution in [2.24, 2.45) is 0 Å². The molecule has 0 atom stereocenters. The van der Waals surface area contributed by atoms with E-state index >= 15 is 0 Å². The van der Waals surface area contributed by atoms with Crippen molar-refractivity contribution >= 4 is 16.9 Å². The first kappa shape index (κ1) is 18.8. The van der Waals surface area contributed by atoms with Crippen LogP contribution in [0.15, 0.2) is 54.9 Å². The van der Waals surface area contributed by atoms with Gasteiger partial charge in [0.25, 0.3) is 0 Å².